The lowest BCUT2D eigenvalue weighted by atomic mass is 10.2. The molecule has 7 heteroatoms. The van der Waals surface area contributed by atoms with Crippen LogP contribution in [0.15, 0.2) is 52.2 Å². The van der Waals surface area contributed by atoms with Crippen LogP contribution in [0, 0.1) is 6.92 Å². The Bertz CT molecular complexity index is 841. The molecule has 2 heterocycles. The molecule has 0 radical (unpaired) electrons. The van der Waals surface area contributed by atoms with Crippen molar-refractivity contribution in [1.29, 1.82) is 0 Å². The van der Waals surface area contributed by atoms with Crippen LogP contribution in [-0.2, 0) is 11.3 Å². The second kappa shape index (κ2) is 7.57. The number of aromatic nitrogens is 3. The average molecular weight is 356 g/mol. The van der Waals surface area contributed by atoms with E-state index in [1.165, 1.54) is 11.8 Å². The Kier molecular flexibility index (Phi) is 5.23. The molecule has 0 spiro atoms. The van der Waals surface area contributed by atoms with Gasteiger partial charge in [0.15, 0.2) is 16.7 Å². The van der Waals surface area contributed by atoms with Crippen molar-refractivity contribution in [1.82, 2.24) is 14.8 Å². The van der Waals surface area contributed by atoms with E-state index in [2.05, 4.69) is 15.5 Å². The number of amides is 1. The monoisotopic (exact) mass is 356 g/mol. The lowest BCUT2D eigenvalue weighted by molar-refractivity contribution is -0.115. The van der Waals surface area contributed by atoms with Crippen LogP contribution >= 0.6 is 11.8 Å². The van der Waals surface area contributed by atoms with Crippen LogP contribution < -0.4 is 5.32 Å². The third-order valence-electron chi connectivity index (χ3n) is 3.75. The highest BCUT2D eigenvalue weighted by Gasteiger charge is 2.21. The molecule has 0 bridgehead atoms. The molecular weight excluding hydrogens is 336 g/mol. The number of aryl methyl sites for hydroxylation is 1. The number of carbonyl (C=O) groups excluding carboxylic acids is 1. The number of furan rings is 1. The third-order valence-corrected chi connectivity index (χ3v) is 4.83. The van der Waals surface area contributed by atoms with Crippen molar-refractivity contribution in [3.05, 3.63) is 48.2 Å². The van der Waals surface area contributed by atoms with Gasteiger partial charge >= 0.3 is 0 Å². The minimum absolute atomic E-state index is 0.0703. The first-order valence-electron chi connectivity index (χ1n) is 8.09. The van der Waals surface area contributed by atoms with E-state index in [0.29, 0.717) is 23.3 Å². The van der Waals surface area contributed by atoms with Gasteiger partial charge in [0.2, 0.25) is 5.91 Å². The second-order valence-electron chi connectivity index (χ2n) is 5.64. The molecule has 0 aliphatic rings. The highest BCUT2D eigenvalue weighted by Crippen LogP contribution is 2.27. The summed E-state index contributed by atoms with van der Waals surface area (Å²) in [6.45, 7) is 6.57. The molecule has 0 aliphatic heterocycles. The summed E-state index contributed by atoms with van der Waals surface area (Å²) in [5, 5.41) is 11.7. The summed E-state index contributed by atoms with van der Waals surface area (Å²) in [4.78, 5) is 12.4. The molecule has 6 nitrogen and oxygen atoms in total. The fourth-order valence-corrected chi connectivity index (χ4v) is 3.25. The summed E-state index contributed by atoms with van der Waals surface area (Å²) in [5.74, 6) is 1.26. The maximum Gasteiger partial charge on any atom is 0.237 e. The molecule has 1 N–H and O–H groups in total. The summed E-state index contributed by atoms with van der Waals surface area (Å²) < 4.78 is 7.35. The van der Waals surface area contributed by atoms with Crippen molar-refractivity contribution in [3.8, 4) is 11.6 Å². The lowest BCUT2D eigenvalue weighted by Crippen LogP contribution is -2.22. The molecule has 130 valence electrons. The summed E-state index contributed by atoms with van der Waals surface area (Å²) in [7, 11) is 0. The molecule has 0 saturated heterocycles. The predicted octanol–water partition coefficient (Wildman–Crippen LogP) is 3.99. The number of anilines is 1. The van der Waals surface area contributed by atoms with Gasteiger partial charge in [-0.25, -0.2) is 0 Å². The highest BCUT2D eigenvalue weighted by atomic mass is 32.2. The summed E-state index contributed by atoms with van der Waals surface area (Å²) in [6.07, 6.45) is 1.61. The zero-order valence-corrected chi connectivity index (χ0v) is 15.2. The van der Waals surface area contributed by atoms with Gasteiger partial charge in [0.1, 0.15) is 0 Å². The van der Waals surface area contributed by atoms with E-state index >= 15 is 0 Å². The van der Waals surface area contributed by atoms with Crippen LogP contribution in [0.4, 0.5) is 5.69 Å². The van der Waals surface area contributed by atoms with E-state index in [9.17, 15) is 4.79 Å². The maximum absolute atomic E-state index is 12.4. The first kappa shape index (κ1) is 17.3. The minimum atomic E-state index is -0.305. The van der Waals surface area contributed by atoms with Crippen LogP contribution in [0.5, 0.6) is 0 Å². The van der Waals surface area contributed by atoms with Crippen molar-refractivity contribution < 1.29 is 9.21 Å². The predicted molar refractivity (Wildman–Crippen MR) is 98.5 cm³/mol. The zero-order valence-electron chi connectivity index (χ0n) is 14.4. The average Bonchev–Trinajstić information content (AvgIpc) is 3.25. The molecule has 2 aromatic heterocycles. The first-order valence-corrected chi connectivity index (χ1v) is 8.97. The van der Waals surface area contributed by atoms with Crippen molar-refractivity contribution in [2.75, 3.05) is 5.32 Å². The highest BCUT2D eigenvalue weighted by molar-refractivity contribution is 8.00. The zero-order chi connectivity index (χ0) is 17.8. The van der Waals surface area contributed by atoms with Gasteiger partial charge in [-0.15, -0.1) is 10.2 Å². The summed E-state index contributed by atoms with van der Waals surface area (Å²) >= 11 is 1.38. The van der Waals surface area contributed by atoms with Gasteiger partial charge in [-0.3, -0.25) is 9.36 Å². The Morgan fingerprint density at radius 2 is 2.04 bits per heavy atom. The molecule has 1 aromatic carbocycles. The number of carbonyl (C=O) groups is 1. The quantitative estimate of drug-likeness (QED) is 0.676. The SMILES string of the molecule is CCn1c(S[C@H](C)C(=O)Nc2ccc(C)cc2)nnc1-c1ccco1. The first-order chi connectivity index (χ1) is 12.1. The Morgan fingerprint density at radius 3 is 2.68 bits per heavy atom. The Hall–Kier alpha value is -2.54. The minimum Gasteiger partial charge on any atom is -0.461 e. The largest absolute Gasteiger partial charge is 0.461 e. The van der Waals surface area contributed by atoms with Crippen LogP contribution in [0.2, 0.25) is 0 Å². The fraction of sp³-hybridized carbons (Fsp3) is 0.278. The topological polar surface area (TPSA) is 73.0 Å². The number of nitrogens with zero attached hydrogens (tertiary/aromatic N) is 3. The van der Waals surface area contributed by atoms with Gasteiger partial charge in [0.05, 0.1) is 11.5 Å². The molecule has 0 aliphatic carbocycles. The van der Waals surface area contributed by atoms with E-state index < -0.39 is 0 Å². The number of rotatable bonds is 6. The molecule has 0 saturated carbocycles. The molecule has 0 fully saturated rings. The Labute approximate surface area is 150 Å². The Balaban J connectivity index is 1.71. The summed E-state index contributed by atoms with van der Waals surface area (Å²) in [6, 6.07) is 11.4. The van der Waals surface area contributed by atoms with Gasteiger partial charge in [-0.2, -0.15) is 0 Å². The van der Waals surface area contributed by atoms with Gasteiger partial charge in [-0.05, 0) is 45.0 Å². The van der Waals surface area contributed by atoms with E-state index in [1.807, 2.05) is 61.7 Å². The number of hydrogen-bond donors (Lipinski definition) is 1. The number of hydrogen-bond acceptors (Lipinski definition) is 5. The van der Waals surface area contributed by atoms with Gasteiger partial charge in [-0.1, -0.05) is 29.5 Å². The molecule has 1 atom stereocenters. The van der Waals surface area contributed by atoms with Gasteiger partial charge in [0.25, 0.3) is 0 Å². The van der Waals surface area contributed by atoms with Crippen LogP contribution in [0.1, 0.15) is 19.4 Å². The van der Waals surface area contributed by atoms with E-state index in [0.717, 1.165) is 11.3 Å². The lowest BCUT2D eigenvalue weighted by Gasteiger charge is -2.12. The van der Waals surface area contributed by atoms with Crippen molar-refractivity contribution in [2.24, 2.45) is 0 Å². The molecular formula is C18H20N4O2S. The molecule has 0 unspecified atom stereocenters. The molecule has 3 rings (SSSR count). The third kappa shape index (κ3) is 3.93. The summed E-state index contributed by atoms with van der Waals surface area (Å²) in [5.41, 5.74) is 1.94. The number of nitrogens with one attached hydrogen (secondary N) is 1. The van der Waals surface area contributed by atoms with Crippen molar-refractivity contribution in [2.45, 2.75) is 37.7 Å². The van der Waals surface area contributed by atoms with Gasteiger partial charge in [0, 0.05) is 12.2 Å². The van der Waals surface area contributed by atoms with Crippen LogP contribution in [0.3, 0.4) is 0 Å². The maximum atomic E-state index is 12.4. The normalized spacial score (nSPS) is 12.1. The van der Waals surface area contributed by atoms with Crippen molar-refractivity contribution in [3.63, 3.8) is 0 Å². The van der Waals surface area contributed by atoms with E-state index in [1.54, 1.807) is 6.26 Å². The van der Waals surface area contributed by atoms with E-state index in [-0.39, 0.29) is 11.2 Å². The second-order valence-corrected chi connectivity index (χ2v) is 6.95. The van der Waals surface area contributed by atoms with Gasteiger partial charge < -0.3 is 9.73 Å². The Morgan fingerprint density at radius 1 is 1.28 bits per heavy atom. The fourth-order valence-electron chi connectivity index (χ4n) is 2.34. The van der Waals surface area contributed by atoms with E-state index in [4.69, 9.17) is 4.42 Å². The molecule has 3 aromatic rings. The molecule has 25 heavy (non-hydrogen) atoms. The molecule has 1 amide bonds. The number of benzene rings is 1. The standard InChI is InChI=1S/C18H20N4O2S/c1-4-22-16(15-6-5-11-24-15)20-21-18(22)25-13(3)17(23)19-14-9-7-12(2)8-10-14/h5-11,13H,4H2,1-3H3,(H,19,23)/t13-/m1/s1. The number of thioether (sulfide) groups is 1. The van der Waals surface area contributed by atoms with Crippen LogP contribution in [-0.4, -0.2) is 25.9 Å². The van der Waals surface area contributed by atoms with Crippen LogP contribution in [0.25, 0.3) is 11.6 Å². The smallest absolute Gasteiger partial charge is 0.237 e. The van der Waals surface area contributed by atoms with Crippen molar-refractivity contribution >= 4 is 23.4 Å².